The molecule has 0 amide bonds. The normalized spacial score (nSPS) is 14.5. The minimum absolute atomic E-state index is 0.0169. The monoisotopic (exact) mass is 286 g/mol. The van der Waals surface area contributed by atoms with Crippen LogP contribution in [0.2, 0.25) is 0 Å². The highest BCUT2D eigenvalue weighted by molar-refractivity contribution is 7.99. The maximum Gasteiger partial charge on any atom is 0.267 e. The topological polar surface area (TPSA) is 45.8 Å². The predicted octanol–water partition coefficient (Wildman–Crippen LogP) is 2.55. The number of aromatic amines is 1. The third-order valence-corrected chi connectivity index (χ3v) is 4.63. The van der Waals surface area contributed by atoms with E-state index in [1.165, 1.54) is 12.0 Å². The van der Waals surface area contributed by atoms with Crippen molar-refractivity contribution in [3.8, 4) is 0 Å². The molecule has 18 heavy (non-hydrogen) atoms. The van der Waals surface area contributed by atoms with Crippen molar-refractivity contribution in [3.05, 3.63) is 27.2 Å². The Kier molecular flexibility index (Phi) is 5.57. The molecule has 0 bridgehead atoms. The molecule has 5 heteroatoms. The number of nitrogens with one attached hydrogen (secondary N) is 1. The summed E-state index contributed by atoms with van der Waals surface area (Å²) in [7, 11) is 0. The quantitative estimate of drug-likeness (QED) is 0.646. The standard InChI is InChI=1S/C13H19ClN2OS/c14-7-3-8-18-9-6-12-10-4-1-2-5-11(10)13(17)16-15-12/h1-9H2,(H,16,17). The minimum Gasteiger partial charge on any atom is -0.268 e. The molecule has 2 rings (SSSR count). The largest absolute Gasteiger partial charge is 0.268 e. The van der Waals surface area contributed by atoms with Crippen molar-refractivity contribution < 1.29 is 0 Å². The van der Waals surface area contributed by atoms with Crippen molar-refractivity contribution in [3.63, 3.8) is 0 Å². The Bertz CT molecular complexity index is 447. The number of hydrogen-bond acceptors (Lipinski definition) is 3. The number of thioether (sulfide) groups is 1. The summed E-state index contributed by atoms with van der Waals surface area (Å²) >= 11 is 7.56. The van der Waals surface area contributed by atoms with Crippen molar-refractivity contribution in [2.75, 3.05) is 17.4 Å². The first-order valence-electron chi connectivity index (χ1n) is 6.56. The first-order valence-corrected chi connectivity index (χ1v) is 8.25. The van der Waals surface area contributed by atoms with Crippen LogP contribution in [0.5, 0.6) is 0 Å². The van der Waals surface area contributed by atoms with Crippen LogP contribution in [0.15, 0.2) is 4.79 Å². The second-order valence-corrected chi connectivity index (χ2v) is 6.17. The van der Waals surface area contributed by atoms with Gasteiger partial charge in [-0.3, -0.25) is 4.79 Å². The molecule has 1 aromatic rings. The fourth-order valence-corrected chi connectivity index (χ4v) is 3.54. The fraction of sp³-hybridized carbons (Fsp3) is 0.692. The second-order valence-electron chi connectivity index (χ2n) is 4.57. The summed E-state index contributed by atoms with van der Waals surface area (Å²) in [6, 6.07) is 0. The van der Waals surface area contributed by atoms with Crippen LogP contribution < -0.4 is 5.56 Å². The lowest BCUT2D eigenvalue weighted by atomic mass is 9.91. The summed E-state index contributed by atoms with van der Waals surface area (Å²) in [6.45, 7) is 0. The summed E-state index contributed by atoms with van der Waals surface area (Å²) in [5, 5.41) is 6.88. The average Bonchev–Trinajstić information content (AvgIpc) is 2.41. The lowest BCUT2D eigenvalue weighted by Gasteiger charge is -2.17. The van der Waals surface area contributed by atoms with Crippen LogP contribution >= 0.6 is 23.4 Å². The summed E-state index contributed by atoms with van der Waals surface area (Å²) in [4.78, 5) is 11.7. The van der Waals surface area contributed by atoms with Crippen molar-refractivity contribution in [1.29, 1.82) is 0 Å². The third-order valence-electron chi connectivity index (χ3n) is 3.29. The van der Waals surface area contributed by atoms with Crippen molar-refractivity contribution in [2.24, 2.45) is 0 Å². The molecule has 1 aliphatic rings. The zero-order valence-corrected chi connectivity index (χ0v) is 12.1. The van der Waals surface area contributed by atoms with Gasteiger partial charge in [0.1, 0.15) is 0 Å². The smallest absolute Gasteiger partial charge is 0.267 e. The first kappa shape index (κ1) is 13.9. The molecule has 0 aromatic carbocycles. The Morgan fingerprint density at radius 3 is 2.78 bits per heavy atom. The van der Waals surface area contributed by atoms with Gasteiger partial charge < -0.3 is 0 Å². The Labute approximate surface area is 117 Å². The van der Waals surface area contributed by atoms with Gasteiger partial charge in [-0.2, -0.15) is 16.9 Å². The Hall–Kier alpha value is -0.480. The Morgan fingerprint density at radius 1 is 1.22 bits per heavy atom. The van der Waals surface area contributed by atoms with Gasteiger partial charge in [0.2, 0.25) is 0 Å². The SMILES string of the molecule is O=c1[nH]nc(CCSCCCCl)c2c1CCCC2. The fourth-order valence-electron chi connectivity index (χ4n) is 2.36. The van der Waals surface area contributed by atoms with Crippen LogP contribution in [-0.2, 0) is 19.3 Å². The summed E-state index contributed by atoms with van der Waals surface area (Å²) in [5.74, 6) is 2.90. The van der Waals surface area contributed by atoms with E-state index in [0.717, 1.165) is 60.7 Å². The number of alkyl halides is 1. The van der Waals surface area contributed by atoms with Crippen LogP contribution in [0.3, 0.4) is 0 Å². The molecule has 0 saturated carbocycles. The van der Waals surface area contributed by atoms with E-state index in [9.17, 15) is 4.79 Å². The molecule has 0 fully saturated rings. The molecule has 1 N–H and O–H groups in total. The van der Waals surface area contributed by atoms with Crippen molar-refractivity contribution in [1.82, 2.24) is 10.2 Å². The van der Waals surface area contributed by atoms with E-state index in [0.29, 0.717) is 0 Å². The highest BCUT2D eigenvalue weighted by Gasteiger charge is 2.17. The van der Waals surface area contributed by atoms with E-state index in [1.54, 1.807) is 0 Å². The van der Waals surface area contributed by atoms with Crippen LogP contribution in [0.1, 0.15) is 36.1 Å². The van der Waals surface area contributed by atoms with Gasteiger partial charge in [-0.15, -0.1) is 11.6 Å². The Balaban J connectivity index is 1.98. The number of H-pyrrole nitrogens is 1. The van der Waals surface area contributed by atoms with Gasteiger partial charge in [0.05, 0.1) is 5.69 Å². The maximum atomic E-state index is 11.7. The molecule has 0 radical (unpaired) electrons. The van der Waals surface area contributed by atoms with Gasteiger partial charge in [-0.05, 0) is 49.2 Å². The molecule has 1 heterocycles. The van der Waals surface area contributed by atoms with Crippen LogP contribution in [-0.4, -0.2) is 27.6 Å². The van der Waals surface area contributed by atoms with E-state index in [4.69, 9.17) is 11.6 Å². The summed E-state index contributed by atoms with van der Waals surface area (Å²) < 4.78 is 0. The molecule has 0 saturated heterocycles. The minimum atomic E-state index is 0.0169. The summed E-state index contributed by atoms with van der Waals surface area (Å²) in [5.41, 5.74) is 3.32. The predicted molar refractivity (Wildman–Crippen MR) is 77.9 cm³/mol. The van der Waals surface area contributed by atoms with Gasteiger partial charge in [0, 0.05) is 17.9 Å². The summed E-state index contributed by atoms with van der Waals surface area (Å²) in [6.07, 6.45) is 6.26. The highest BCUT2D eigenvalue weighted by Crippen LogP contribution is 2.21. The number of aryl methyl sites for hydroxylation is 1. The molecule has 1 aromatic heterocycles. The van der Waals surface area contributed by atoms with E-state index >= 15 is 0 Å². The van der Waals surface area contributed by atoms with Crippen LogP contribution in [0.25, 0.3) is 0 Å². The van der Waals surface area contributed by atoms with E-state index < -0.39 is 0 Å². The van der Waals surface area contributed by atoms with Crippen LogP contribution in [0, 0.1) is 0 Å². The lowest BCUT2D eigenvalue weighted by Crippen LogP contribution is -2.23. The molecule has 100 valence electrons. The number of fused-ring (bicyclic) bond motifs is 1. The van der Waals surface area contributed by atoms with Crippen molar-refractivity contribution >= 4 is 23.4 Å². The first-order chi connectivity index (χ1) is 8.83. The number of aromatic nitrogens is 2. The average molecular weight is 287 g/mol. The third kappa shape index (κ3) is 3.51. The molecular formula is C13H19ClN2OS. The molecule has 3 nitrogen and oxygen atoms in total. The number of halogens is 1. The molecule has 0 aliphatic heterocycles. The van der Waals surface area contributed by atoms with Gasteiger partial charge in [-0.1, -0.05) is 0 Å². The Morgan fingerprint density at radius 2 is 2.00 bits per heavy atom. The number of rotatable bonds is 6. The molecule has 0 unspecified atom stereocenters. The van der Waals surface area contributed by atoms with E-state index in [2.05, 4.69) is 10.2 Å². The molecule has 0 atom stereocenters. The highest BCUT2D eigenvalue weighted by atomic mass is 35.5. The van der Waals surface area contributed by atoms with E-state index in [1.807, 2.05) is 11.8 Å². The van der Waals surface area contributed by atoms with Gasteiger partial charge in [0.25, 0.3) is 5.56 Å². The van der Waals surface area contributed by atoms with Gasteiger partial charge in [-0.25, -0.2) is 5.10 Å². The van der Waals surface area contributed by atoms with Gasteiger partial charge in [0.15, 0.2) is 0 Å². The zero-order chi connectivity index (χ0) is 12.8. The zero-order valence-electron chi connectivity index (χ0n) is 10.5. The molecular weight excluding hydrogens is 268 g/mol. The number of nitrogens with zero attached hydrogens (tertiary/aromatic N) is 1. The van der Waals surface area contributed by atoms with Crippen LogP contribution in [0.4, 0.5) is 0 Å². The van der Waals surface area contributed by atoms with E-state index in [-0.39, 0.29) is 5.56 Å². The lowest BCUT2D eigenvalue weighted by molar-refractivity contribution is 0.654. The number of hydrogen-bond donors (Lipinski definition) is 1. The molecule has 1 aliphatic carbocycles. The van der Waals surface area contributed by atoms with Gasteiger partial charge >= 0.3 is 0 Å². The van der Waals surface area contributed by atoms with Crippen molar-refractivity contribution in [2.45, 2.75) is 38.5 Å². The maximum absolute atomic E-state index is 11.7. The second kappa shape index (κ2) is 7.19. The molecule has 0 spiro atoms.